The van der Waals surface area contributed by atoms with Crippen LogP contribution < -0.4 is 16.0 Å². The number of aliphatic carboxylic acids is 1. The molecule has 0 saturated carbocycles. The number of carboxylic acids is 1. The van der Waals surface area contributed by atoms with Crippen molar-refractivity contribution in [3.05, 3.63) is 0 Å². The Kier molecular flexibility index (Phi) is 44.5. The molecule has 0 aromatic rings. The van der Waals surface area contributed by atoms with Crippen molar-refractivity contribution in [2.75, 3.05) is 156 Å². The molecule has 0 bridgehead atoms. The number of alkyl halides is 1. The van der Waals surface area contributed by atoms with E-state index in [0.29, 0.717) is 83.1 Å². The highest BCUT2D eigenvalue weighted by Gasteiger charge is 2.28. The molecule has 0 aromatic carbocycles. The van der Waals surface area contributed by atoms with Crippen LogP contribution in [0.25, 0.3) is 0 Å². The van der Waals surface area contributed by atoms with Crippen molar-refractivity contribution in [2.24, 2.45) is 0 Å². The molecule has 0 atom stereocenters. The maximum atomic E-state index is 11.8. The third kappa shape index (κ3) is 46.6. The van der Waals surface area contributed by atoms with E-state index >= 15 is 0 Å². The van der Waals surface area contributed by atoms with Gasteiger partial charge in [-0.15, -0.1) is 0 Å². The van der Waals surface area contributed by atoms with Gasteiger partial charge in [-0.1, -0.05) is 43.6 Å². The van der Waals surface area contributed by atoms with Gasteiger partial charge < -0.3 is 69.4 Å². The number of esters is 2. The molecular formula is C61H115BrClN11O15. The normalized spacial score (nSPS) is 16.4. The molecule has 5 rings (SSSR count). The van der Waals surface area contributed by atoms with Gasteiger partial charge in [0.2, 0.25) is 23.6 Å². The molecule has 0 radical (unpaired) electrons. The van der Waals surface area contributed by atoms with Gasteiger partial charge in [-0.05, 0) is 94.7 Å². The molecule has 28 heteroatoms. The lowest BCUT2D eigenvalue weighted by atomic mass is 10.2. The first-order chi connectivity index (χ1) is 41.3. The summed E-state index contributed by atoms with van der Waals surface area (Å²) in [5.74, 6) is -0.235. The molecular weight excluding hydrogens is 1240 g/mol. The fraction of sp³-hybridized carbons (Fsp3) is 0.836. The van der Waals surface area contributed by atoms with Gasteiger partial charge >= 0.3 is 35.5 Å². The second kappa shape index (κ2) is 46.0. The van der Waals surface area contributed by atoms with E-state index in [1.807, 2.05) is 125 Å². The molecule has 4 N–H and O–H groups in total. The fourth-order valence-corrected chi connectivity index (χ4v) is 8.58. The average molecular weight is 1360 g/mol. The number of carbonyl (C=O) groups excluding carboxylic acids is 9. The SMILES string of the molecule is CC(C)(C)OC(=O)CCBr.CC(C)(C)OC(=O)N1CCNCC1.CCC(=O)N1CCN(C(=O)OC(C)(C)C)CC1.CCC(=O)N1CCN(CCC(=O)O)CC1.CCC(=O)N1CCN(CCC(=O)OC(C)(C)C)CC1.CCC(=O)N1CCNCC1.CNC(=O)Cl. The molecule has 7 amide bonds. The zero-order valence-corrected chi connectivity index (χ0v) is 59.6. The Labute approximate surface area is 545 Å². The Bertz CT molecular complexity index is 2090. The molecule has 0 aliphatic carbocycles. The Morgan fingerprint density at radius 1 is 0.416 bits per heavy atom. The number of ether oxygens (including phenoxy) is 4. The van der Waals surface area contributed by atoms with Crippen molar-refractivity contribution in [1.29, 1.82) is 0 Å². The summed E-state index contributed by atoms with van der Waals surface area (Å²) in [5, 5.41) is 17.2. The highest BCUT2D eigenvalue weighted by Crippen LogP contribution is 2.15. The monoisotopic (exact) mass is 1360 g/mol. The van der Waals surface area contributed by atoms with E-state index in [2.05, 4.69) is 41.7 Å². The second-order valence-electron chi connectivity index (χ2n) is 25.1. The molecule has 0 spiro atoms. The van der Waals surface area contributed by atoms with Crippen LogP contribution in [0.1, 0.15) is 156 Å². The lowest BCUT2D eigenvalue weighted by molar-refractivity contribution is -0.156. The first kappa shape index (κ1) is 86.0. The molecule has 0 unspecified atom stereocenters. The topological polar surface area (TPSA) is 290 Å². The van der Waals surface area contributed by atoms with Crippen molar-refractivity contribution in [2.45, 2.75) is 178 Å². The number of hydrogen-bond donors (Lipinski definition) is 4. The van der Waals surface area contributed by atoms with Crippen LogP contribution in [0.5, 0.6) is 0 Å². The Balaban J connectivity index is 0. The quantitative estimate of drug-likeness (QED) is 0.0565. The summed E-state index contributed by atoms with van der Waals surface area (Å²) in [7, 11) is 1.47. The average Bonchev–Trinajstić information content (AvgIpc) is 2.69. The maximum Gasteiger partial charge on any atom is 0.410 e. The smallest absolute Gasteiger partial charge is 0.410 e. The molecule has 5 saturated heterocycles. The molecule has 5 aliphatic heterocycles. The highest BCUT2D eigenvalue weighted by atomic mass is 79.9. The number of halogens is 2. The van der Waals surface area contributed by atoms with Crippen molar-refractivity contribution < 1.29 is 72.0 Å². The van der Waals surface area contributed by atoms with Crippen LogP contribution in [0.2, 0.25) is 0 Å². The molecule has 89 heavy (non-hydrogen) atoms. The van der Waals surface area contributed by atoms with Crippen LogP contribution in [0.3, 0.4) is 0 Å². The summed E-state index contributed by atoms with van der Waals surface area (Å²) in [6, 6.07) is 0. The van der Waals surface area contributed by atoms with E-state index in [4.69, 9.17) is 35.7 Å². The van der Waals surface area contributed by atoms with Gasteiger partial charge in [0.1, 0.15) is 22.4 Å². The molecule has 518 valence electrons. The standard InChI is InChI=1S/C14H26N2O3.C12H22N2O3.C10H18N2O3.C9H18N2O2.C7H13BrO2.C7H14N2O.C2H4ClNO/c1-5-12(17)16-10-8-15(9-11-16)7-6-13(18)19-14(2,3)4;1-5-10(15)13-6-8-14(9-7-13)11(16)17-12(2,3)4;1-2-9(13)12-7-5-11(6-8-12)4-3-10(14)15;1-9(2,3)13-8(12)11-6-4-10-5-7-11;1-7(2,3)10-6(9)4-5-8;1-2-7(10)9-5-3-8-4-6-9;1-4-2(3)5/h5-11H2,1-4H3;5-9H2,1-4H3;2-8H2,1H3,(H,14,15);10H,4-7H2,1-3H3;4-5H2,1-3H3;8H,2-6H2,1H3;1H3,(H,4,5). The Morgan fingerprint density at radius 3 is 0.933 bits per heavy atom. The molecule has 0 aromatic heterocycles. The third-order valence-corrected chi connectivity index (χ3v) is 13.4. The van der Waals surface area contributed by atoms with Crippen molar-refractivity contribution in [1.82, 2.24) is 55.1 Å². The van der Waals surface area contributed by atoms with Gasteiger partial charge in [-0.3, -0.25) is 48.2 Å². The molecule has 5 fully saturated rings. The van der Waals surface area contributed by atoms with E-state index in [0.717, 1.165) is 105 Å². The minimum atomic E-state index is -0.762. The molecule has 5 heterocycles. The fourth-order valence-electron chi connectivity index (χ4n) is 8.25. The van der Waals surface area contributed by atoms with Crippen LogP contribution >= 0.6 is 27.5 Å². The van der Waals surface area contributed by atoms with Crippen LogP contribution in [0, 0.1) is 0 Å². The van der Waals surface area contributed by atoms with Crippen molar-refractivity contribution in [3.8, 4) is 0 Å². The van der Waals surface area contributed by atoms with Crippen molar-refractivity contribution >= 4 is 86.6 Å². The van der Waals surface area contributed by atoms with Crippen LogP contribution in [0.4, 0.5) is 14.4 Å². The second-order valence-corrected chi connectivity index (χ2v) is 26.2. The lowest BCUT2D eigenvalue weighted by Crippen LogP contribution is -2.51. The summed E-state index contributed by atoms with van der Waals surface area (Å²) < 4.78 is 20.8. The predicted molar refractivity (Wildman–Crippen MR) is 349 cm³/mol. The van der Waals surface area contributed by atoms with Gasteiger partial charge in [0, 0.05) is 182 Å². The minimum Gasteiger partial charge on any atom is -0.481 e. The first-order valence-electron chi connectivity index (χ1n) is 31.4. The number of amides is 7. The van der Waals surface area contributed by atoms with Crippen LogP contribution in [-0.4, -0.2) is 282 Å². The summed E-state index contributed by atoms with van der Waals surface area (Å²) in [6.45, 7) is 46.6. The number of piperazine rings is 5. The number of nitrogens with one attached hydrogen (secondary N) is 3. The first-order valence-corrected chi connectivity index (χ1v) is 32.9. The number of nitrogens with zero attached hydrogens (tertiary/aromatic N) is 8. The highest BCUT2D eigenvalue weighted by molar-refractivity contribution is 9.09. The Morgan fingerprint density at radius 2 is 0.663 bits per heavy atom. The largest absolute Gasteiger partial charge is 0.481 e. The number of rotatable bonds is 12. The zero-order chi connectivity index (χ0) is 68.6. The maximum absolute atomic E-state index is 11.8. The molecule has 26 nitrogen and oxygen atoms in total. The number of carbonyl (C=O) groups is 10. The van der Waals surface area contributed by atoms with E-state index < -0.39 is 22.5 Å². The van der Waals surface area contributed by atoms with Crippen LogP contribution in [-0.2, 0) is 52.5 Å². The van der Waals surface area contributed by atoms with Crippen molar-refractivity contribution in [3.63, 3.8) is 0 Å². The summed E-state index contributed by atoms with van der Waals surface area (Å²) >= 11 is 7.87. The van der Waals surface area contributed by atoms with Gasteiger partial charge in [0.15, 0.2) is 0 Å². The molecule has 5 aliphatic rings. The van der Waals surface area contributed by atoms with Gasteiger partial charge in [-0.2, -0.15) is 0 Å². The van der Waals surface area contributed by atoms with E-state index in [9.17, 15) is 47.9 Å². The summed E-state index contributed by atoms with van der Waals surface area (Å²) in [4.78, 5) is 126. The number of carboxylic acid groups (broad SMARTS) is 1. The van der Waals surface area contributed by atoms with E-state index in [1.54, 1.807) is 14.7 Å². The zero-order valence-electron chi connectivity index (χ0n) is 57.2. The predicted octanol–water partition coefficient (Wildman–Crippen LogP) is 6.10. The Hall–Kier alpha value is -5.09. The van der Waals surface area contributed by atoms with Crippen LogP contribution in [0.15, 0.2) is 0 Å². The van der Waals surface area contributed by atoms with Gasteiger partial charge in [-0.25, -0.2) is 9.59 Å². The third-order valence-electron chi connectivity index (χ3n) is 12.8. The summed E-state index contributed by atoms with van der Waals surface area (Å²) in [5.41, 5.74) is -1.61. The van der Waals surface area contributed by atoms with E-state index in [1.165, 1.54) is 7.05 Å². The summed E-state index contributed by atoms with van der Waals surface area (Å²) in [6.07, 6.45) is 2.83. The lowest BCUT2D eigenvalue weighted by Gasteiger charge is -2.35. The van der Waals surface area contributed by atoms with E-state index in [-0.39, 0.29) is 65.4 Å². The van der Waals surface area contributed by atoms with Gasteiger partial charge in [0.25, 0.3) is 0 Å². The number of hydrogen-bond acceptors (Lipinski definition) is 18. The van der Waals surface area contributed by atoms with Gasteiger partial charge in [0.05, 0.1) is 19.3 Å². The minimum absolute atomic E-state index is 0.147.